The van der Waals surface area contributed by atoms with Gasteiger partial charge in [0.1, 0.15) is 6.04 Å². The Hall–Kier alpha value is -2.91. The number of phosphoric ester groups is 1. The minimum absolute atomic E-state index is 0.192. The number of aromatic hydroxyl groups is 1. The van der Waals surface area contributed by atoms with Crippen molar-refractivity contribution in [2.75, 3.05) is 0 Å². The summed E-state index contributed by atoms with van der Waals surface area (Å²) >= 11 is 0. The number of hydrogen-bond donors (Lipinski definition) is 6. The number of nitrogens with two attached hydrogens (primary N) is 1. The largest absolute Gasteiger partial charge is 0.524 e. The van der Waals surface area contributed by atoms with E-state index < -0.39 is 43.3 Å². The van der Waals surface area contributed by atoms with Crippen LogP contribution in [0, 0.1) is 0 Å². The van der Waals surface area contributed by atoms with Crippen LogP contribution in [0.2, 0.25) is 0 Å². The first-order chi connectivity index (χ1) is 13.5. The number of carboxylic acid groups (broad SMARTS) is 1. The van der Waals surface area contributed by atoms with Crippen molar-refractivity contribution in [1.29, 1.82) is 0 Å². The fraction of sp³-hybridized carbons (Fsp3) is 0.222. The van der Waals surface area contributed by atoms with E-state index >= 15 is 0 Å². The molecule has 0 radical (unpaired) electrons. The van der Waals surface area contributed by atoms with E-state index in [9.17, 15) is 24.4 Å². The van der Waals surface area contributed by atoms with Gasteiger partial charge in [-0.3, -0.25) is 14.6 Å². The second kappa shape index (κ2) is 9.53. The van der Waals surface area contributed by atoms with Crippen LogP contribution >= 0.6 is 7.82 Å². The molecule has 11 heteroatoms. The van der Waals surface area contributed by atoms with Crippen LogP contribution in [0.25, 0.3) is 0 Å². The molecule has 2 aromatic carbocycles. The normalized spacial score (nSPS) is 13.3. The SMILES string of the molecule is N[C@@H](Cc1ccccc1)C(=O)N[C@@H](Cc1ccc(OP(=O)(O)O)c(O)c1)C(=O)O. The Labute approximate surface area is 166 Å². The lowest BCUT2D eigenvalue weighted by Gasteiger charge is -2.18. The van der Waals surface area contributed by atoms with E-state index in [1.165, 1.54) is 6.07 Å². The fourth-order valence-corrected chi connectivity index (χ4v) is 2.98. The molecular weight excluding hydrogens is 403 g/mol. The first kappa shape index (κ1) is 22.4. The van der Waals surface area contributed by atoms with Crippen molar-refractivity contribution in [3.8, 4) is 11.5 Å². The van der Waals surface area contributed by atoms with Gasteiger partial charge in [0.2, 0.25) is 5.91 Å². The van der Waals surface area contributed by atoms with E-state index in [-0.39, 0.29) is 12.8 Å². The van der Waals surface area contributed by atoms with Gasteiger partial charge in [-0.1, -0.05) is 36.4 Å². The lowest BCUT2D eigenvalue weighted by molar-refractivity contribution is -0.142. The van der Waals surface area contributed by atoms with Gasteiger partial charge in [-0.2, -0.15) is 0 Å². The Morgan fingerprint density at radius 3 is 2.28 bits per heavy atom. The fourth-order valence-electron chi connectivity index (χ4n) is 2.57. The molecule has 0 spiro atoms. The zero-order chi connectivity index (χ0) is 21.6. The number of phenols is 1. The number of hydrogen-bond acceptors (Lipinski definition) is 6. The van der Waals surface area contributed by atoms with E-state index in [1.807, 2.05) is 6.07 Å². The smallest absolute Gasteiger partial charge is 0.504 e. The highest BCUT2D eigenvalue weighted by Crippen LogP contribution is 2.41. The Morgan fingerprint density at radius 1 is 1.07 bits per heavy atom. The first-order valence-corrected chi connectivity index (χ1v) is 9.98. The van der Waals surface area contributed by atoms with Crippen molar-refractivity contribution < 1.29 is 38.7 Å². The second-order valence-corrected chi connectivity index (χ2v) is 7.45. The van der Waals surface area contributed by atoms with E-state index in [2.05, 4.69) is 9.84 Å². The third-order valence-electron chi connectivity index (χ3n) is 3.93. The number of benzene rings is 2. The van der Waals surface area contributed by atoms with Crippen LogP contribution in [0.5, 0.6) is 11.5 Å². The first-order valence-electron chi connectivity index (χ1n) is 8.45. The summed E-state index contributed by atoms with van der Waals surface area (Å²) in [5, 5.41) is 21.6. The molecule has 29 heavy (non-hydrogen) atoms. The zero-order valence-electron chi connectivity index (χ0n) is 15.1. The van der Waals surface area contributed by atoms with Gasteiger partial charge in [0, 0.05) is 6.42 Å². The van der Waals surface area contributed by atoms with Crippen molar-refractivity contribution in [3.63, 3.8) is 0 Å². The molecule has 0 aliphatic rings. The summed E-state index contributed by atoms with van der Waals surface area (Å²) < 4.78 is 15.2. The van der Waals surface area contributed by atoms with Gasteiger partial charge in [0.05, 0.1) is 6.04 Å². The van der Waals surface area contributed by atoms with Crippen molar-refractivity contribution >= 4 is 19.7 Å². The molecule has 0 saturated heterocycles. The molecule has 0 unspecified atom stereocenters. The molecule has 0 heterocycles. The molecule has 0 fully saturated rings. The topological polar surface area (TPSA) is 179 Å². The molecule has 0 aliphatic heterocycles. The minimum Gasteiger partial charge on any atom is -0.504 e. The van der Waals surface area contributed by atoms with Crippen molar-refractivity contribution in [1.82, 2.24) is 5.32 Å². The van der Waals surface area contributed by atoms with Gasteiger partial charge in [0.25, 0.3) is 0 Å². The number of carbonyl (C=O) groups is 2. The third-order valence-corrected chi connectivity index (χ3v) is 4.36. The van der Waals surface area contributed by atoms with E-state index in [1.54, 1.807) is 24.3 Å². The molecular formula is C18H21N2O8P. The van der Waals surface area contributed by atoms with Gasteiger partial charge in [0.15, 0.2) is 11.5 Å². The number of rotatable bonds is 9. The number of carbonyl (C=O) groups excluding carboxylic acids is 1. The van der Waals surface area contributed by atoms with Crippen LogP contribution in [0.1, 0.15) is 11.1 Å². The lowest BCUT2D eigenvalue weighted by Crippen LogP contribution is -2.50. The predicted octanol–water partition coefficient (Wildman–Crippen LogP) is 0.546. The van der Waals surface area contributed by atoms with Gasteiger partial charge < -0.3 is 25.8 Å². The number of nitrogens with one attached hydrogen (secondary N) is 1. The van der Waals surface area contributed by atoms with Gasteiger partial charge in [-0.15, -0.1) is 0 Å². The van der Waals surface area contributed by atoms with Crippen LogP contribution in [0.15, 0.2) is 48.5 Å². The summed E-state index contributed by atoms with van der Waals surface area (Å²) in [6.07, 6.45) is 0.0388. The van der Waals surface area contributed by atoms with E-state index in [0.717, 1.165) is 17.7 Å². The molecule has 1 amide bonds. The van der Waals surface area contributed by atoms with Crippen LogP contribution < -0.4 is 15.6 Å². The average molecular weight is 424 g/mol. The summed E-state index contributed by atoms with van der Waals surface area (Å²) in [6.45, 7) is 0. The number of amides is 1. The van der Waals surface area contributed by atoms with Crippen LogP contribution in [-0.4, -0.2) is 44.0 Å². The Morgan fingerprint density at radius 2 is 1.72 bits per heavy atom. The van der Waals surface area contributed by atoms with E-state index in [0.29, 0.717) is 5.56 Å². The highest BCUT2D eigenvalue weighted by atomic mass is 31.2. The monoisotopic (exact) mass is 424 g/mol. The Bertz CT molecular complexity index is 915. The molecule has 7 N–H and O–H groups in total. The van der Waals surface area contributed by atoms with Gasteiger partial charge in [-0.05, 0) is 29.7 Å². The quantitative estimate of drug-likeness (QED) is 0.313. The van der Waals surface area contributed by atoms with Crippen LogP contribution in [0.3, 0.4) is 0 Å². The molecule has 2 aromatic rings. The minimum atomic E-state index is -4.86. The van der Waals surface area contributed by atoms with Gasteiger partial charge in [-0.25, -0.2) is 9.36 Å². The second-order valence-electron chi connectivity index (χ2n) is 6.28. The van der Waals surface area contributed by atoms with Crippen molar-refractivity contribution in [2.45, 2.75) is 24.9 Å². The molecule has 2 rings (SSSR count). The van der Waals surface area contributed by atoms with Crippen molar-refractivity contribution in [2.24, 2.45) is 5.73 Å². The maximum absolute atomic E-state index is 12.3. The van der Waals surface area contributed by atoms with Crippen LogP contribution in [0.4, 0.5) is 0 Å². The summed E-state index contributed by atoms with van der Waals surface area (Å²) in [5.74, 6) is -2.99. The highest BCUT2D eigenvalue weighted by Gasteiger charge is 2.25. The molecule has 0 bridgehead atoms. The molecule has 10 nitrogen and oxygen atoms in total. The molecule has 0 saturated carbocycles. The number of aliphatic carboxylic acids is 1. The molecule has 0 aromatic heterocycles. The highest BCUT2D eigenvalue weighted by molar-refractivity contribution is 7.46. The maximum Gasteiger partial charge on any atom is 0.524 e. The number of phosphoric acid groups is 1. The lowest BCUT2D eigenvalue weighted by atomic mass is 10.0. The average Bonchev–Trinajstić information content (AvgIpc) is 2.63. The number of carboxylic acids is 1. The molecule has 2 atom stereocenters. The number of phenolic OH excluding ortho intramolecular Hbond substituents is 1. The summed E-state index contributed by atoms with van der Waals surface area (Å²) in [6, 6.07) is 10.2. The molecule has 156 valence electrons. The molecule has 0 aliphatic carbocycles. The summed E-state index contributed by atoms with van der Waals surface area (Å²) in [5.41, 5.74) is 6.98. The van der Waals surface area contributed by atoms with Crippen molar-refractivity contribution in [3.05, 3.63) is 59.7 Å². The maximum atomic E-state index is 12.3. The third kappa shape index (κ3) is 7.20. The summed E-state index contributed by atoms with van der Waals surface area (Å²) in [7, 11) is -4.86. The van der Waals surface area contributed by atoms with Gasteiger partial charge >= 0.3 is 13.8 Å². The standard InChI is InChI=1S/C18H21N2O8P/c19-13(8-11-4-2-1-3-5-11)17(22)20-14(18(23)24)9-12-6-7-16(15(21)10-12)28-29(25,26)27/h1-7,10,13-14,21H,8-9,19H2,(H,20,22)(H,23,24)(H2,25,26,27)/t13-,14-/m0/s1. The van der Waals surface area contributed by atoms with E-state index in [4.69, 9.17) is 15.5 Å². The summed E-state index contributed by atoms with van der Waals surface area (Å²) in [4.78, 5) is 41.3. The van der Waals surface area contributed by atoms with Crippen LogP contribution in [-0.2, 0) is 27.0 Å². The predicted molar refractivity (Wildman–Crippen MR) is 102 cm³/mol. The Kier molecular flexibility index (Phi) is 7.35. The zero-order valence-corrected chi connectivity index (χ0v) is 16.0. The Balaban J connectivity index is 2.04.